The van der Waals surface area contributed by atoms with Crippen molar-refractivity contribution < 1.29 is 23.5 Å². The molecule has 0 spiro atoms. The Labute approximate surface area is 112 Å². The Balaban J connectivity index is 2.16. The Hall–Kier alpha value is -1.82. The molecular formula is C12H9ClFNO4. The third-order valence-electron chi connectivity index (χ3n) is 3.07. The maximum atomic E-state index is 14.2. The summed E-state index contributed by atoms with van der Waals surface area (Å²) in [6.07, 6.45) is -0.799. The fourth-order valence-corrected chi connectivity index (χ4v) is 2.49. The van der Waals surface area contributed by atoms with Gasteiger partial charge in [-0.1, -0.05) is 11.6 Å². The van der Waals surface area contributed by atoms with Crippen LogP contribution in [0.25, 0.3) is 0 Å². The minimum atomic E-state index is -1.35. The molecule has 1 aromatic rings. The number of carbonyl (C=O) groups excluding carboxylic acids is 2. The lowest BCUT2D eigenvalue weighted by Crippen LogP contribution is -2.22. The molecule has 100 valence electrons. The van der Waals surface area contributed by atoms with Gasteiger partial charge in [0, 0.05) is 0 Å². The zero-order valence-corrected chi connectivity index (χ0v) is 10.4. The largest absolute Gasteiger partial charge is 0.493 e. The van der Waals surface area contributed by atoms with Crippen LogP contribution in [-0.2, 0) is 16.0 Å². The van der Waals surface area contributed by atoms with E-state index in [-0.39, 0.29) is 16.3 Å². The van der Waals surface area contributed by atoms with Crippen LogP contribution in [0.2, 0.25) is 5.02 Å². The Kier molecular flexibility index (Phi) is 2.82. The van der Waals surface area contributed by atoms with Crippen molar-refractivity contribution in [2.24, 2.45) is 0 Å². The van der Waals surface area contributed by atoms with Gasteiger partial charge in [-0.25, -0.2) is 9.18 Å². The van der Waals surface area contributed by atoms with Crippen molar-refractivity contribution in [2.45, 2.75) is 18.9 Å². The second-order valence-corrected chi connectivity index (χ2v) is 4.71. The van der Waals surface area contributed by atoms with Gasteiger partial charge in [0.1, 0.15) is 5.75 Å². The topological polar surface area (TPSA) is 64.6 Å². The number of nitrogens with one attached hydrogen (secondary N) is 1. The van der Waals surface area contributed by atoms with Gasteiger partial charge in [0.05, 0.1) is 17.2 Å². The van der Waals surface area contributed by atoms with Crippen molar-refractivity contribution in [3.8, 4) is 5.75 Å². The quantitative estimate of drug-likeness (QED) is 0.858. The number of cyclic esters (lactones) is 1. The third kappa shape index (κ3) is 1.92. The van der Waals surface area contributed by atoms with E-state index in [2.05, 4.69) is 0 Å². The van der Waals surface area contributed by atoms with Gasteiger partial charge >= 0.3 is 6.09 Å². The molecule has 2 aliphatic heterocycles. The van der Waals surface area contributed by atoms with Crippen molar-refractivity contribution in [1.29, 1.82) is 0 Å². The van der Waals surface area contributed by atoms with Crippen molar-refractivity contribution in [3.63, 3.8) is 0 Å². The van der Waals surface area contributed by atoms with Gasteiger partial charge in [-0.15, -0.1) is 0 Å². The molecule has 3 rings (SSSR count). The molecule has 1 N–H and O–H groups in total. The van der Waals surface area contributed by atoms with E-state index in [1.807, 2.05) is 5.32 Å². The molecule has 2 heterocycles. The van der Waals surface area contributed by atoms with Crippen LogP contribution < -0.4 is 10.1 Å². The Bertz CT molecular complexity index is 590. The fraction of sp³-hybridized carbons (Fsp3) is 0.333. The number of imide groups is 1. The summed E-state index contributed by atoms with van der Waals surface area (Å²) in [6, 6.07) is 1.48. The third-order valence-corrected chi connectivity index (χ3v) is 3.35. The molecular weight excluding hydrogens is 277 g/mol. The predicted octanol–water partition coefficient (Wildman–Crippen LogP) is 2.11. The molecule has 0 saturated carbocycles. The first kappa shape index (κ1) is 12.2. The van der Waals surface area contributed by atoms with Gasteiger partial charge in [0.25, 0.3) is 5.91 Å². The van der Waals surface area contributed by atoms with Crippen LogP contribution in [0.15, 0.2) is 6.07 Å². The highest BCUT2D eigenvalue weighted by Crippen LogP contribution is 2.40. The average molecular weight is 286 g/mol. The van der Waals surface area contributed by atoms with Gasteiger partial charge in [0.15, 0.2) is 5.82 Å². The van der Waals surface area contributed by atoms with Gasteiger partial charge in [0.2, 0.25) is 6.10 Å². The number of hydrogen-bond acceptors (Lipinski definition) is 4. The number of alkyl carbamates (subject to hydrolysis) is 1. The molecule has 1 unspecified atom stereocenters. The lowest BCUT2D eigenvalue weighted by molar-refractivity contribution is -0.123. The van der Waals surface area contributed by atoms with Crippen molar-refractivity contribution >= 4 is 23.6 Å². The van der Waals surface area contributed by atoms with Gasteiger partial charge in [-0.3, -0.25) is 10.1 Å². The molecule has 2 aliphatic rings. The maximum Gasteiger partial charge on any atom is 0.415 e. The minimum Gasteiger partial charge on any atom is -0.493 e. The van der Waals surface area contributed by atoms with Crippen molar-refractivity contribution in [1.82, 2.24) is 5.32 Å². The van der Waals surface area contributed by atoms with E-state index >= 15 is 0 Å². The monoisotopic (exact) mass is 285 g/mol. The summed E-state index contributed by atoms with van der Waals surface area (Å²) in [4.78, 5) is 22.7. The predicted molar refractivity (Wildman–Crippen MR) is 62.6 cm³/mol. The summed E-state index contributed by atoms with van der Waals surface area (Å²) in [5.74, 6) is -1.26. The summed E-state index contributed by atoms with van der Waals surface area (Å²) >= 11 is 5.81. The van der Waals surface area contributed by atoms with E-state index in [0.717, 1.165) is 6.42 Å². The fourth-order valence-electron chi connectivity index (χ4n) is 2.26. The Morgan fingerprint density at radius 2 is 2.21 bits per heavy atom. The van der Waals surface area contributed by atoms with Gasteiger partial charge in [-0.05, 0) is 24.5 Å². The SMILES string of the molecule is O=C1NC(=O)C(c2c(F)c(Cl)cc3c2OCCC3)O1. The molecule has 19 heavy (non-hydrogen) atoms. The van der Waals surface area contributed by atoms with E-state index in [1.165, 1.54) is 6.07 Å². The number of amides is 2. The number of fused-ring (bicyclic) bond motifs is 1. The lowest BCUT2D eigenvalue weighted by Gasteiger charge is -2.22. The highest BCUT2D eigenvalue weighted by atomic mass is 35.5. The van der Waals surface area contributed by atoms with E-state index in [0.29, 0.717) is 18.6 Å². The van der Waals surface area contributed by atoms with E-state index in [4.69, 9.17) is 21.1 Å². The number of rotatable bonds is 1. The minimum absolute atomic E-state index is 0.106. The normalized spacial score (nSPS) is 21.5. The van der Waals surface area contributed by atoms with Crippen LogP contribution in [0.1, 0.15) is 23.7 Å². The highest BCUT2D eigenvalue weighted by Gasteiger charge is 2.39. The molecule has 0 aliphatic carbocycles. The Morgan fingerprint density at radius 1 is 1.42 bits per heavy atom. The summed E-state index contributed by atoms with van der Waals surface area (Å²) in [6.45, 7) is 0.420. The molecule has 0 bridgehead atoms. The highest BCUT2D eigenvalue weighted by molar-refractivity contribution is 6.31. The number of aryl methyl sites for hydroxylation is 1. The van der Waals surface area contributed by atoms with Crippen molar-refractivity contribution in [3.05, 3.63) is 28.0 Å². The first-order valence-electron chi connectivity index (χ1n) is 5.73. The smallest absolute Gasteiger partial charge is 0.415 e. The molecule has 1 saturated heterocycles. The number of halogens is 2. The molecule has 1 atom stereocenters. The standard InChI is InChI=1S/C12H9ClFNO4/c13-6-4-5-2-1-3-18-9(5)7(8(6)14)10-11(16)15-12(17)19-10/h4,10H,1-3H2,(H,15,16,17). The second-order valence-electron chi connectivity index (χ2n) is 4.30. The summed E-state index contributed by atoms with van der Waals surface area (Å²) < 4.78 is 24.4. The lowest BCUT2D eigenvalue weighted by atomic mass is 9.98. The summed E-state index contributed by atoms with van der Waals surface area (Å²) in [5, 5.41) is 1.84. The molecule has 2 amide bonds. The molecule has 0 aromatic heterocycles. The van der Waals surface area contributed by atoms with E-state index in [9.17, 15) is 14.0 Å². The summed E-state index contributed by atoms with van der Waals surface area (Å²) in [7, 11) is 0. The molecule has 7 heteroatoms. The first-order chi connectivity index (χ1) is 9.08. The number of ether oxygens (including phenoxy) is 2. The number of carbonyl (C=O) groups is 2. The molecule has 1 fully saturated rings. The molecule has 5 nitrogen and oxygen atoms in total. The first-order valence-corrected chi connectivity index (χ1v) is 6.11. The Morgan fingerprint density at radius 3 is 2.89 bits per heavy atom. The van der Waals surface area contributed by atoms with Gasteiger partial charge < -0.3 is 9.47 Å². The van der Waals surface area contributed by atoms with E-state index < -0.39 is 23.9 Å². The summed E-state index contributed by atoms with van der Waals surface area (Å²) in [5.41, 5.74) is 0.606. The molecule has 0 radical (unpaired) electrons. The zero-order chi connectivity index (χ0) is 13.6. The maximum absolute atomic E-state index is 14.2. The number of hydrogen-bond donors (Lipinski definition) is 1. The van der Waals surface area contributed by atoms with Crippen LogP contribution in [0.5, 0.6) is 5.75 Å². The van der Waals surface area contributed by atoms with Crippen LogP contribution in [0, 0.1) is 5.82 Å². The van der Waals surface area contributed by atoms with Crippen LogP contribution in [0.4, 0.5) is 9.18 Å². The van der Waals surface area contributed by atoms with E-state index in [1.54, 1.807) is 0 Å². The second kappa shape index (κ2) is 4.38. The zero-order valence-electron chi connectivity index (χ0n) is 9.66. The average Bonchev–Trinajstić information content (AvgIpc) is 2.70. The van der Waals surface area contributed by atoms with Gasteiger partial charge in [-0.2, -0.15) is 0 Å². The number of benzene rings is 1. The van der Waals surface area contributed by atoms with Crippen LogP contribution in [0.3, 0.4) is 0 Å². The van der Waals surface area contributed by atoms with Crippen LogP contribution in [-0.4, -0.2) is 18.6 Å². The van der Waals surface area contributed by atoms with Crippen LogP contribution >= 0.6 is 11.6 Å². The molecule has 1 aromatic carbocycles. The van der Waals surface area contributed by atoms with Crippen molar-refractivity contribution in [2.75, 3.05) is 6.61 Å².